The molecule has 0 saturated heterocycles. The van der Waals surface area contributed by atoms with Gasteiger partial charge in [-0.3, -0.25) is 19.7 Å². The van der Waals surface area contributed by atoms with Gasteiger partial charge < -0.3 is 19.7 Å². The molecule has 33 heavy (non-hydrogen) atoms. The molecule has 0 spiro atoms. The van der Waals surface area contributed by atoms with Gasteiger partial charge >= 0.3 is 5.69 Å². The van der Waals surface area contributed by atoms with Crippen LogP contribution in [0.25, 0.3) is 0 Å². The van der Waals surface area contributed by atoms with E-state index >= 15 is 0 Å². The molecule has 0 unspecified atom stereocenters. The zero-order chi connectivity index (χ0) is 24.5. The van der Waals surface area contributed by atoms with Crippen LogP contribution in [0.15, 0.2) is 42.5 Å². The van der Waals surface area contributed by atoms with Crippen LogP contribution in [0.3, 0.4) is 0 Å². The molecule has 0 aliphatic carbocycles. The second-order valence-electron chi connectivity index (χ2n) is 7.98. The Morgan fingerprint density at radius 2 is 1.91 bits per heavy atom. The Balaban J connectivity index is 2.25. The highest BCUT2D eigenvalue weighted by atomic mass is 16.6. The summed E-state index contributed by atoms with van der Waals surface area (Å²) in [6, 6.07) is 11.0. The number of hydrogen-bond donors (Lipinski definition) is 1. The molecule has 0 radical (unpaired) electrons. The van der Waals surface area contributed by atoms with Crippen LogP contribution in [0.1, 0.15) is 38.3 Å². The fourth-order valence-corrected chi connectivity index (χ4v) is 3.43. The number of nitro groups is 1. The third kappa shape index (κ3) is 7.20. The van der Waals surface area contributed by atoms with Crippen LogP contribution in [-0.2, 0) is 16.1 Å². The Kier molecular flexibility index (Phi) is 9.20. The zero-order valence-corrected chi connectivity index (χ0v) is 19.7. The van der Waals surface area contributed by atoms with E-state index in [1.54, 1.807) is 0 Å². The molecule has 1 atom stereocenters. The highest BCUT2D eigenvalue weighted by Gasteiger charge is 2.29. The van der Waals surface area contributed by atoms with Crippen LogP contribution in [0, 0.1) is 17.0 Å². The van der Waals surface area contributed by atoms with E-state index < -0.39 is 11.0 Å². The van der Waals surface area contributed by atoms with Crippen LogP contribution in [0.5, 0.6) is 11.5 Å². The van der Waals surface area contributed by atoms with E-state index in [-0.39, 0.29) is 48.2 Å². The summed E-state index contributed by atoms with van der Waals surface area (Å²) in [7, 11) is 1.32. The van der Waals surface area contributed by atoms with Gasteiger partial charge in [0.1, 0.15) is 11.8 Å². The van der Waals surface area contributed by atoms with Crippen molar-refractivity contribution in [1.29, 1.82) is 0 Å². The smallest absolute Gasteiger partial charge is 0.311 e. The molecule has 0 aliphatic rings. The Labute approximate surface area is 193 Å². The van der Waals surface area contributed by atoms with E-state index in [9.17, 15) is 19.7 Å². The van der Waals surface area contributed by atoms with E-state index in [0.29, 0.717) is 6.42 Å². The van der Waals surface area contributed by atoms with E-state index in [2.05, 4.69) is 5.32 Å². The number of benzene rings is 2. The second-order valence-corrected chi connectivity index (χ2v) is 7.98. The lowest BCUT2D eigenvalue weighted by Crippen LogP contribution is -2.51. The molecule has 2 aromatic carbocycles. The zero-order valence-electron chi connectivity index (χ0n) is 19.7. The molecular weight excluding hydrogens is 426 g/mol. The SMILES string of the molecule is CC[C@@H](C(=O)NC(C)C)N(Cc1cccc(C)c1)C(=O)COc1ccc([N+](=O)[O-])c(OC)c1. The fraction of sp³-hybridized carbons (Fsp3) is 0.417. The van der Waals surface area contributed by atoms with Crippen LogP contribution < -0.4 is 14.8 Å². The van der Waals surface area contributed by atoms with E-state index in [1.807, 2.05) is 52.0 Å². The highest BCUT2D eigenvalue weighted by Crippen LogP contribution is 2.30. The molecule has 0 bridgehead atoms. The average Bonchev–Trinajstić information content (AvgIpc) is 2.76. The van der Waals surface area contributed by atoms with Crippen molar-refractivity contribution < 1.29 is 24.0 Å². The van der Waals surface area contributed by atoms with E-state index in [4.69, 9.17) is 9.47 Å². The molecule has 0 fully saturated rings. The van der Waals surface area contributed by atoms with E-state index in [0.717, 1.165) is 11.1 Å². The van der Waals surface area contributed by atoms with Crippen molar-refractivity contribution in [3.05, 3.63) is 63.7 Å². The van der Waals surface area contributed by atoms with Crippen LogP contribution >= 0.6 is 0 Å². The molecule has 9 heteroatoms. The summed E-state index contributed by atoms with van der Waals surface area (Å²) in [5.74, 6) is -0.324. The lowest BCUT2D eigenvalue weighted by molar-refractivity contribution is -0.385. The summed E-state index contributed by atoms with van der Waals surface area (Å²) >= 11 is 0. The van der Waals surface area contributed by atoms with Crippen molar-refractivity contribution in [1.82, 2.24) is 10.2 Å². The van der Waals surface area contributed by atoms with Gasteiger partial charge in [-0.05, 0) is 38.8 Å². The summed E-state index contributed by atoms with van der Waals surface area (Å²) < 4.78 is 10.7. The molecule has 9 nitrogen and oxygen atoms in total. The van der Waals surface area contributed by atoms with Crippen molar-refractivity contribution in [2.45, 2.75) is 52.7 Å². The number of amides is 2. The Morgan fingerprint density at radius 1 is 1.18 bits per heavy atom. The molecule has 2 aromatic rings. The molecular formula is C24H31N3O6. The number of ether oxygens (including phenoxy) is 2. The first-order chi connectivity index (χ1) is 15.7. The minimum atomic E-state index is -0.671. The van der Waals surface area contributed by atoms with Gasteiger partial charge in [-0.25, -0.2) is 0 Å². The number of nitrogens with one attached hydrogen (secondary N) is 1. The van der Waals surface area contributed by atoms with Gasteiger partial charge in [-0.2, -0.15) is 0 Å². The van der Waals surface area contributed by atoms with Crippen molar-refractivity contribution in [2.75, 3.05) is 13.7 Å². The number of nitrogens with zero attached hydrogens (tertiary/aromatic N) is 2. The number of methoxy groups -OCH3 is 1. The van der Waals surface area contributed by atoms with E-state index in [1.165, 1.54) is 30.2 Å². The predicted octanol–water partition coefficient (Wildman–Crippen LogP) is 3.62. The van der Waals surface area contributed by atoms with Crippen molar-refractivity contribution in [3.8, 4) is 11.5 Å². The van der Waals surface area contributed by atoms with Gasteiger partial charge in [-0.1, -0.05) is 36.8 Å². The van der Waals surface area contributed by atoms with Gasteiger partial charge in [0, 0.05) is 24.7 Å². The molecule has 0 saturated carbocycles. The third-order valence-corrected chi connectivity index (χ3v) is 4.96. The molecule has 0 aromatic heterocycles. The quantitative estimate of drug-likeness (QED) is 0.408. The molecule has 178 valence electrons. The van der Waals surface area contributed by atoms with Crippen molar-refractivity contribution >= 4 is 17.5 Å². The normalized spacial score (nSPS) is 11.6. The predicted molar refractivity (Wildman–Crippen MR) is 124 cm³/mol. The summed E-state index contributed by atoms with van der Waals surface area (Å²) in [6.45, 7) is 7.45. The Hall–Kier alpha value is -3.62. The van der Waals surface area contributed by atoms with Gasteiger partial charge in [0.15, 0.2) is 6.61 Å². The maximum Gasteiger partial charge on any atom is 0.311 e. The van der Waals surface area contributed by atoms with Gasteiger partial charge in [0.25, 0.3) is 5.91 Å². The van der Waals surface area contributed by atoms with Crippen LogP contribution in [-0.4, -0.2) is 47.4 Å². The lowest BCUT2D eigenvalue weighted by Gasteiger charge is -2.31. The maximum absolute atomic E-state index is 13.2. The van der Waals surface area contributed by atoms with Crippen molar-refractivity contribution in [3.63, 3.8) is 0 Å². The summed E-state index contributed by atoms with van der Waals surface area (Å²) in [5.41, 5.74) is 1.75. The molecule has 1 N–H and O–H groups in total. The second kappa shape index (κ2) is 11.8. The summed E-state index contributed by atoms with van der Waals surface area (Å²) in [6.07, 6.45) is 0.432. The minimum absolute atomic E-state index is 0.0318. The number of aryl methyl sites for hydroxylation is 1. The number of nitro benzene ring substituents is 1. The monoisotopic (exact) mass is 457 g/mol. The fourth-order valence-electron chi connectivity index (χ4n) is 3.43. The minimum Gasteiger partial charge on any atom is -0.490 e. The standard InChI is InChI=1S/C24H31N3O6/c1-6-20(24(29)25-16(2)3)26(14-18-9-7-8-17(4)12-18)23(28)15-33-19-10-11-21(27(30)31)22(13-19)32-5/h7-13,16,20H,6,14-15H2,1-5H3,(H,25,29)/t20-/m0/s1. The molecule has 2 rings (SSSR count). The third-order valence-electron chi connectivity index (χ3n) is 4.96. The van der Waals surface area contributed by atoms with Crippen LogP contribution in [0.4, 0.5) is 5.69 Å². The Bertz CT molecular complexity index is 992. The van der Waals surface area contributed by atoms with Gasteiger partial charge in [0.05, 0.1) is 12.0 Å². The maximum atomic E-state index is 13.2. The van der Waals surface area contributed by atoms with Crippen LogP contribution in [0.2, 0.25) is 0 Å². The summed E-state index contributed by atoms with van der Waals surface area (Å²) in [5, 5.41) is 14.0. The Morgan fingerprint density at radius 3 is 2.48 bits per heavy atom. The lowest BCUT2D eigenvalue weighted by atomic mass is 10.1. The van der Waals surface area contributed by atoms with Crippen molar-refractivity contribution in [2.24, 2.45) is 0 Å². The largest absolute Gasteiger partial charge is 0.490 e. The van der Waals surface area contributed by atoms with Gasteiger partial charge in [0.2, 0.25) is 11.7 Å². The number of carbonyl (C=O) groups is 2. The molecule has 0 heterocycles. The number of hydrogen-bond acceptors (Lipinski definition) is 6. The first-order valence-corrected chi connectivity index (χ1v) is 10.8. The summed E-state index contributed by atoms with van der Waals surface area (Å²) in [4.78, 5) is 38.1. The molecule has 0 aliphatic heterocycles. The topological polar surface area (TPSA) is 111 Å². The first kappa shape index (κ1) is 25.6. The average molecular weight is 458 g/mol. The highest BCUT2D eigenvalue weighted by molar-refractivity contribution is 5.88. The molecule has 2 amide bonds. The van der Waals surface area contributed by atoms with Gasteiger partial charge in [-0.15, -0.1) is 0 Å². The number of rotatable bonds is 11. The number of carbonyl (C=O) groups excluding carboxylic acids is 2. The first-order valence-electron chi connectivity index (χ1n) is 10.8.